The van der Waals surface area contributed by atoms with E-state index >= 15 is 0 Å². The molecule has 1 aliphatic rings. The van der Waals surface area contributed by atoms with Crippen LogP contribution < -0.4 is 11.1 Å². The van der Waals surface area contributed by atoms with Crippen molar-refractivity contribution in [3.8, 4) is 11.8 Å². The standard InChI is InChI=1S/C21H26N7O14P3/c1-12(14-5-4-13(3-2-6-22)7-15(14)28(30)31)26-20-19-21(24-10-23-20)27(11-25-19)18-8-16(29)17(40-18)9-39-44(35,36)42-45(37,38)41-43(32,33)34/h4-5,7,10-12,16-18,29H,6,8-9,22H2,1H3,(H,35,36)(H,37,38)(H,23,24,26)(H2,32,33,34)/t12?,16-,17-,18-/m1/s1. The lowest BCUT2D eigenvalue weighted by atomic mass is 10.0. The number of aliphatic hydroxyl groups is 1. The highest BCUT2D eigenvalue weighted by atomic mass is 31.3. The molecule has 21 nitrogen and oxygen atoms in total. The Hall–Kier alpha value is -3.18. The molecule has 3 aromatic rings. The third-order valence-electron chi connectivity index (χ3n) is 6.07. The molecule has 3 heterocycles. The fraction of sp³-hybridized carbons (Fsp3) is 0.381. The molecule has 8 N–H and O–H groups in total. The molecule has 2 aromatic heterocycles. The van der Waals surface area contributed by atoms with Crippen molar-refractivity contribution in [2.24, 2.45) is 5.73 Å². The Morgan fingerprint density at radius 3 is 2.60 bits per heavy atom. The van der Waals surface area contributed by atoms with Gasteiger partial charge in [0, 0.05) is 18.1 Å². The lowest BCUT2D eigenvalue weighted by Crippen LogP contribution is -2.26. The van der Waals surface area contributed by atoms with Crippen LogP contribution in [0.5, 0.6) is 0 Å². The highest BCUT2D eigenvalue weighted by molar-refractivity contribution is 7.66. The number of phosphoric ester groups is 1. The number of nitrogens with two attached hydrogens (primary N) is 1. The molecule has 0 aliphatic carbocycles. The third-order valence-corrected chi connectivity index (χ3v) is 9.88. The van der Waals surface area contributed by atoms with Crippen LogP contribution in [0.3, 0.4) is 0 Å². The number of aromatic nitrogens is 4. The van der Waals surface area contributed by atoms with Crippen molar-refractivity contribution in [3.63, 3.8) is 0 Å². The van der Waals surface area contributed by atoms with Gasteiger partial charge in [0.15, 0.2) is 17.0 Å². The minimum absolute atomic E-state index is 0.0926. The summed E-state index contributed by atoms with van der Waals surface area (Å²) < 4.78 is 53.3. The smallest absolute Gasteiger partial charge is 0.390 e. The van der Waals surface area contributed by atoms with Crippen LogP contribution in [0.25, 0.3) is 11.2 Å². The van der Waals surface area contributed by atoms with Crippen LogP contribution in [0.15, 0.2) is 30.9 Å². The second kappa shape index (κ2) is 13.7. The molecular formula is C21H26N7O14P3. The SMILES string of the molecule is CC(Nc1ncnc2c1ncn2[C@H]1C[C@@H](O)[C@@H](COP(=O)(O)OP(=O)(O)OP(=O)(O)O)O1)c1ccc(C#CCN)cc1[N+](=O)[O-]. The zero-order valence-corrected chi connectivity index (χ0v) is 25.6. The fourth-order valence-electron chi connectivity index (χ4n) is 4.26. The number of nitrogens with zero attached hydrogens (tertiary/aromatic N) is 5. The van der Waals surface area contributed by atoms with E-state index in [9.17, 15) is 38.7 Å². The van der Waals surface area contributed by atoms with Crippen LogP contribution in [0.2, 0.25) is 0 Å². The van der Waals surface area contributed by atoms with Crippen molar-refractivity contribution in [2.45, 2.75) is 37.8 Å². The summed E-state index contributed by atoms with van der Waals surface area (Å²) in [6.07, 6.45) is -1.08. The predicted octanol–water partition coefficient (Wildman–Crippen LogP) is 1.21. The van der Waals surface area contributed by atoms with E-state index in [1.807, 2.05) is 0 Å². The lowest BCUT2D eigenvalue weighted by molar-refractivity contribution is -0.385. The molecule has 0 radical (unpaired) electrons. The molecule has 0 spiro atoms. The third kappa shape index (κ3) is 8.97. The summed E-state index contributed by atoms with van der Waals surface area (Å²) in [6, 6.07) is 3.89. The highest BCUT2D eigenvalue weighted by Gasteiger charge is 2.43. The topological polar surface area (TPSA) is 314 Å². The number of imidazole rings is 1. The Labute approximate surface area is 253 Å². The number of fused-ring (bicyclic) bond motifs is 1. The van der Waals surface area contributed by atoms with Crippen molar-refractivity contribution >= 4 is 46.1 Å². The molecule has 3 unspecified atom stereocenters. The molecule has 1 fully saturated rings. The zero-order chi connectivity index (χ0) is 33.2. The Balaban J connectivity index is 1.47. The molecule has 244 valence electrons. The van der Waals surface area contributed by atoms with Crippen molar-refractivity contribution in [2.75, 3.05) is 18.5 Å². The van der Waals surface area contributed by atoms with Gasteiger partial charge < -0.3 is 40.5 Å². The summed E-state index contributed by atoms with van der Waals surface area (Å²) in [7, 11) is -16.7. The first-order valence-electron chi connectivity index (χ1n) is 12.5. The molecule has 45 heavy (non-hydrogen) atoms. The van der Waals surface area contributed by atoms with Gasteiger partial charge in [-0.15, -0.1) is 0 Å². The Bertz CT molecular complexity index is 1790. The normalized spacial score (nSPS) is 21.8. The summed E-state index contributed by atoms with van der Waals surface area (Å²) in [5.74, 6) is 5.61. The van der Waals surface area contributed by atoms with E-state index in [1.165, 1.54) is 23.3 Å². The van der Waals surface area contributed by atoms with Gasteiger partial charge in [-0.3, -0.25) is 19.2 Å². The predicted molar refractivity (Wildman–Crippen MR) is 151 cm³/mol. The largest absolute Gasteiger partial charge is 0.490 e. The van der Waals surface area contributed by atoms with Crippen LogP contribution in [-0.2, 0) is 31.6 Å². The highest BCUT2D eigenvalue weighted by Crippen LogP contribution is 2.66. The minimum atomic E-state index is -5.72. The number of hydrogen-bond donors (Lipinski definition) is 7. The van der Waals surface area contributed by atoms with Gasteiger partial charge in [0.25, 0.3) is 5.69 Å². The van der Waals surface area contributed by atoms with Crippen LogP contribution in [0.1, 0.15) is 36.7 Å². The van der Waals surface area contributed by atoms with E-state index < -0.39 is 59.5 Å². The number of hydrogen-bond acceptors (Lipinski definition) is 15. The van der Waals surface area contributed by atoms with Crippen molar-refractivity contribution in [1.29, 1.82) is 0 Å². The first kappa shape index (κ1) is 34.7. The molecule has 24 heteroatoms. The number of benzene rings is 1. The average molecular weight is 693 g/mol. The summed E-state index contributed by atoms with van der Waals surface area (Å²) >= 11 is 0. The second-order valence-electron chi connectivity index (χ2n) is 9.27. The first-order valence-corrected chi connectivity index (χ1v) is 17.0. The molecule has 0 saturated carbocycles. The van der Waals surface area contributed by atoms with Gasteiger partial charge in [-0.2, -0.15) is 8.62 Å². The quantitative estimate of drug-likeness (QED) is 0.0606. The van der Waals surface area contributed by atoms with Gasteiger partial charge in [0.2, 0.25) is 0 Å². The van der Waals surface area contributed by atoms with E-state index in [0.29, 0.717) is 11.1 Å². The maximum Gasteiger partial charge on any atom is 0.490 e. The van der Waals surface area contributed by atoms with Crippen LogP contribution in [-0.4, -0.2) is 74.5 Å². The van der Waals surface area contributed by atoms with Gasteiger partial charge in [0.05, 0.1) is 42.1 Å². The fourth-order valence-corrected chi connectivity index (χ4v) is 7.29. The Kier molecular flexibility index (Phi) is 10.5. The summed E-state index contributed by atoms with van der Waals surface area (Å²) in [6.45, 7) is 0.914. The van der Waals surface area contributed by atoms with Gasteiger partial charge in [-0.05, 0) is 19.1 Å². The van der Waals surface area contributed by atoms with Crippen LogP contribution in [0, 0.1) is 22.0 Å². The maximum atomic E-state index is 12.0. The van der Waals surface area contributed by atoms with Crippen LogP contribution >= 0.6 is 23.5 Å². The summed E-state index contributed by atoms with van der Waals surface area (Å²) in [4.78, 5) is 60.1. The zero-order valence-electron chi connectivity index (χ0n) is 22.9. The Morgan fingerprint density at radius 1 is 1.20 bits per heavy atom. The second-order valence-corrected chi connectivity index (χ2v) is 13.7. The number of aliphatic hydroxyl groups excluding tert-OH is 1. The number of phosphoric acid groups is 3. The van der Waals surface area contributed by atoms with E-state index in [-0.39, 0.29) is 35.6 Å². The first-order chi connectivity index (χ1) is 21.0. The van der Waals surface area contributed by atoms with Gasteiger partial charge >= 0.3 is 23.5 Å². The van der Waals surface area contributed by atoms with Crippen molar-refractivity contribution in [3.05, 3.63) is 52.1 Å². The van der Waals surface area contributed by atoms with Crippen molar-refractivity contribution < 1.29 is 61.2 Å². The van der Waals surface area contributed by atoms with E-state index in [4.69, 9.17) is 20.3 Å². The summed E-state index contributed by atoms with van der Waals surface area (Å²) in [5, 5.41) is 25.3. The van der Waals surface area contributed by atoms with Gasteiger partial charge in [0.1, 0.15) is 18.7 Å². The number of nitro benzene ring substituents is 1. The molecule has 0 bridgehead atoms. The molecule has 0 amide bonds. The lowest BCUT2D eigenvalue weighted by Gasteiger charge is -2.19. The number of nitrogens with one attached hydrogen (secondary N) is 1. The number of anilines is 1. The Morgan fingerprint density at radius 2 is 1.93 bits per heavy atom. The van der Waals surface area contributed by atoms with Gasteiger partial charge in [-0.25, -0.2) is 28.6 Å². The average Bonchev–Trinajstić information content (AvgIpc) is 3.52. The van der Waals surface area contributed by atoms with Gasteiger partial charge in [-0.1, -0.05) is 11.8 Å². The number of ether oxygens (including phenoxy) is 1. The monoisotopic (exact) mass is 693 g/mol. The minimum Gasteiger partial charge on any atom is -0.390 e. The number of rotatable bonds is 12. The molecule has 4 rings (SSSR count). The van der Waals surface area contributed by atoms with Crippen molar-refractivity contribution in [1.82, 2.24) is 19.5 Å². The molecule has 1 aromatic carbocycles. The van der Waals surface area contributed by atoms with E-state index in [2.05, 4.69) is 45.3 Å². The van der Waals surface area contributed by atoms with Crippen LogP contribution in [0.4, 0.5) is 11.5 Å². The van der Waals surface area contributed by atoms with E-state index in [0.717, 1.165) is 0 Å². The van der Waals surface area contributed by atoms with E-state index in [1.54, 1.807) is 19.1 Å². The maximum absolute atomic E-state index is 12.0. The number of nitro groups is 1. The molecular weight excluding hydrogens is 667 g/mol. The molecule has 1 saturated heterocycles. The molecule has 1 aliphatic heterocycles. The summed E-state index contributed by atoms with van der Waals surface area (Å²) in [5.41, 5.74) is 6.43. The molecule has 6 atom stereocenters.